The summed E-state index contributed by atoms with van der Waals surface area (Å²) in [6.45, 7) is 1.20. The van der Waals surface area contributed by atoms with E-state index in [2.05, 4.69) is 21.2 Å². The van der Waals surface area contributed by atoms with Gasteiger partial charge in [0.15, 0.2) is 6.61 Å². The largest absolute Gasteiger partial charge is 0.452 e. The summed E-state index contributed by atoms with van der Waals surface area (Å²) in [5, 5.41) is 13.3. The van der Waals surface area contributed by atoms with Crippen LogP contribution < -0.4 is 5.32 Å². The molecule has 24 heavy (non-hydrogen) atoms. The van der Waals surface area contributed by atoms with Crippen LogP contribution >= 0.6 is 15.9 Å². The number of aryl methyl sites for hydroxylation is 1. The third-order valence-electron chi connectivity index (χ3n) is 3.13. The Hall–Kier alpha value is -2.74. The molecule has 2 aromatic rings. The van der Waals surface area contributed by atoms with Crippen LogP contribution in [0.2, 0.25) is 0 Å². The predicted molar refractivity (Wildman–Crippen MR) is 90.9 cm³/mol. The number of carbonyl (C=O) groups is 2. The average molecular weight is 393 g/mol. The topological polar surface area (TPSA) is 98.5 Å². The van der Waals surface area contributed by atoms with Gasteiger partial charge < -0.3 is 10.1 Å². The molecular formula is C16H13BrN2O5. The van der Waals surface area contributed by atoms with E-state index in [1.807, 2.05) is 0 Å². The van der Waals surface area contributed by atoms with Crippen LogP contribution in [0.15, 0.2) is 46.9 Å². The minimum absolute atomic E-state index is 0.138. The zero-order chi connectivity index (χ0) is 17.7. The Labute approximate surface area is 145 Å². The zero-order valence-corrected chi connectivity index (χ0v) is 14.2. The normalized spacial score (nSPS) is 10.1. The second kappa shape index (κ2) is 7.69. The molecule has 0 spiro atoms. The van der Waals surface area contributed by atoms with Crippen LogP contribution in [0.5, 0.6) is 0 Å². The summed E-state index contributed by atoms with van der Waals surface area (Å²) in [4.78, 5) is 34.0. The molecule has 0 atom stereocenters. The maximum absolute atomic E-state index is 11.9. The first-order valence-corrected chi connectivity index (χ1v) is 7.64. The number of halogens is 1. The third-order valence-corrected chi connectivity index (χ3v) is 3.83. The summed E-state index contributed by atoms with van der Waals surface area (Å²) in [5.74, 6) is -1.23. The number of hydrogen-bond acceptors (Lipinski definition) is 5. The number of rotatable bonds is 5. The fourth-order valence-electron chi connectivity index (χ4n) is 1.88. The molecule has 0 heterocycles. The summed E-state index contributed by atoms with van der Waals surface area (Å²) in [6, 6.07) is 10.8. The van der Waals surface area contributed by atoms with Crippen LogP contribution in [0.1, 0.15) is 15.9 Å². The molecule has 0 bridgehead atoms. The molecule has 0 aromatic heterocycles. The number of nitrogens with one attached hydrogen (secondary N) is 1. The molecule has 1 amide bonds. The van der Waals surface area contributed by atoms with Crippen LogP contribution in [-0.2, 0) is 9.53 Å². The summed E-state index contributed by atoms with van der Waals surface area (Å²) >= 11 is 3.22. The molecule has 0 aliphatic carbocycles. The average Bonchev–Trinajstić information content (AvgIpc) is 2.55. The Morgan fingerprint density at radius 2 is 1.96 bits per heavy atom. The smallest absolute Gasteiger partial charge is 0.339 e. The number of nitro benzene ring substituents is 1. The predicted octanol–water partition coefficient (Wildman–Crippen LogP) is 3.46. The Kier molecular flexibility index (Phi) is 5.64. The lowest BCUT2D eigenvalue weighted by atomic mass is 10.2. The molecule has 0 fully saturated rings. The van der Waals surface area contributed by atoms with Crippen molar-refractivity contribution < 1.29 is 19.2 Å². The summed E-state index contributed by atoms with van der Waals surface area (Å²) in [5.41, 5.74) is 1.12. The fourth-order valence-corrected chi connectivity index (χ4v) is 2.33. The van der Waals surface area contributed by atoms with E-state index in [9.17, 15) is 19.7 Å². The van der Waals surface area contributed by atoms with E-state index in [1.54, 1.807) is 31.2 Å². The number of nitro groups is 1. The standard InChI is InChI=1S/C16H13BrN2O5/c1-10-6-7-11(19(22)23)8-14(10)18-15(20)9-24-16(21)12-4-2-3-5-13(12)17/h2-8H,9H2,1H3,(H,18,20). The van der Waals surface area contributed by atoms with E-state index in [1.165, 1.54) is 18.2 Å². The maximum Gasteiger partial charge on any atom is 0.339 e. The molecule has 0 unspecified atom stereocenters. The van der Waals surface area contributed by atoms with Crippen molar-refractivity contribution in [3.63, 3.8) is 0 Å². The van der Waals surface area contributed by atoms with Crippen molar-refractivity contribution in [3.05, 3.63) is 68.2 Å². The van der Waals surface area contributed by atoms with Gasteiger partial charge in [0.25, 0.3) is 11.6 Å². The van der Waals surface area contributed by atoms with Crippen molar-refractivity contribution in [1.29, 1.82) is 0 Å². The van der Waals surface area contributed by atoms with Crippen LogP contribution in [0.25, 0.3) is 0 Å². The Morgan fingerprint density at radius 3 is 2.62 bits per heavy atom. The van der Waals surface area contributed by atoms with Gasteiger partial charge in [0.05, 0.1) is 16.2 Å². The number of non-ortho nitro benzene ring substituents is 1. The Bertz CT molecular complexity index is 807. The van der Waals surface area contributed by atoms with E-state index in [-0.39, 0.29) is 5.69 Å². The monoisotopic (exact) mass is 392 g/mol. The first-order valence-electron chi connectivity index (χ1n) is 6.85. The van der Waals surface area contributed by atoms with Crippen molar-refractivity contribution in [1.82, 2.24) is 0 Å². The lowest BCUT2D eigenvalue weighted by molar-refractivity contribution is -0.384. The molecule has 2 rings (SSSR count). The molecule has 0 aliphatic rings. The van der Waals surface area contributed by atoms with Crippen LogP contribution in [-0.4, -0.2) is 23.4 Å². The molecule has 0 radical (unpaired) electrons. The Balaban J connectivity index is 1.99. The minimum atomic E-state index is -0.645. The van der Waals surface area contributed by atoms with E-state index in [0.717, 1.165) is 0 Å². The van der Waals surface area contributed by atoms with Gasteiger partial charge in [-0.1, -0.05) is 18.2 Å². The van der Waals surface area contributed by atoms with Crippen LogP contribution in [0, 0.1) is 17.0 Å². The van der Waals surface area contributed by atoms with E-state index in [4.69, 9.17) is 4.74 Å². The van der Waals surface area contributed by atoms with Gasteiger partial charge in [-0.25, -0.2) is 4.79 Å². The molecular weight excluding hydrogens is 380 g/mol. The molecule has 0 saturated heterocycles. The second-order valence-corrected chi connectivity index (χ2v) is 5.71. The molecule has 2 aromatic carbocycles. The lowest BCUT2D eigenvalue weighted by Gasteiger charge is -2.09. The third kappa shape index (κ3) is 4.39. The van der Waals surface area contributed by atoms with E-state index >= 15 is 0 Å². The van der Waals surface area contributed by atoms with Gasteiger partial charge in [-0.3, -0.25) is 14.9 Å². The van der Waals surface area contributed by atoms with Crippen molar-refractivity contribution in [2.45, 2.75) is 6.92 Å². The number of carbonyl (C=O) groups excluding carboxylic acids is 2. The highest BCUT2D eigenvalue weighted by Crippen LogP contribution is 2.22. The molecule has 7 nitrogen and oxygen atoms in total. The summed E-state index contributed by atoms with van der Waals surface area (Å²) < 4.78 is 5.51. The van der Waals surface area contributed by atoms with E-state index in [0.29, 0.717) is 21.3 Å². The minimum Gasteiger partial charge on any atom is -0.452 e. The highest BCUT2D eigenvalue weighted by molar-refractivity contribution is 9.10. The van der Waals surface area contributed by atoms with Crippen molar-refractivity contribution in [3.8, 4) is 0 Å². The molecule has 8 heteroatoms. The maximum atomic E-state index is 11.9. The van der Waals surface area contributed by atoms with Gasteiger partial charge in [0.2, 0.25) is 0 Å². The number of hydrogen-bond donors (Lipinski definition) is 1. The first-order chi connectivity index (χ1) is 11.4. The van der Waals surface area contributed by atoms with Gasteiger partial charge in [-0.2, -0.15) is 0 Å². The quantitative estimate of drug-likeness (QED) is 0.477. The van der Waals surface area contributed by atoms with Crippen molar-refractivity contribution >= 4 is 39.2 Å². The SMILES string of the molecule is Cc1ccc([N+](=O)[O-])cc1NC(=O)COC(=O)c1ccccc1Br. The van der Waals surface area contributed by atoms with Gasteiger partial charge >= 0.3 is 5.97 Å². The van der Waals surface area contributed by atoms with E-state index < -0.39 is 23.4 Å². The van der Waals surface area contributed by atoms with Gasteiger partial charge in [0.1, 0.15) is 0 Å². The van der Waals surface area contributed by atoms with Gasteiger partial charge in [0, 0.05) is 16.6 Å². The molecule has 124 valence electrons. The lowest BCUT2D eigenvalue weighted by Crippen LogP contribution is -2.21. The number of esters is 1. The fraction of sp³-hybridized carbons (Fsp3) is 0.125. The van der Waals surface area contributed by atoms with Gasteiger partial charge in [-0.15, -0.1) is 0 Å². The highest BCUT2D eigenvalue weighted by Gasteiger charge is 2.15. The van der Waals surface area contributed by atoms with Gasteiger partial charge in [-0.05, 0) is 40.5 Å². The molecule has 0 saturated carbocycles. The van der Waals surface area contributed by atoms with Crippen LogP contribution in [0.4, 0.5) is 11.4 Å². The number of benzene rings is 2. The number of nitrogens with zero attached hydrogens (tertiary/aromatic N) is 1. The molecule has 0 aliphatic heterocycles. The molecule has 1 N–H and O–H groups in total. The summed E-state index contributed by atoms with van der Waals surface area (Å²) in [7, 11) is 0. The number of amides is 1. The number of anilines is 1. The Morgan fingerprint density at radius 1 is 1.25 bits per heavy atom. The van der Waals surface area contributed by atoms with Crippen LogP contribution in [0.3, 0.4) is 0 Å². The highest BCUT2D eigenvalue weighted by atomic mass is 79.9. The number of ether oxygens (including phenoxy) is 1. The van der Waals surface area contributed by atoms with Crippen molar-refractivity contribution in [2.75, 3.05) is 11.9 Å². The second-order valence-electron chi connectivity index (χ2n) is 4.86. The van der Waals surface area contributed by atoms with Crippen molar-refractivity contribution in [2.24, 2.45) is 0 Å². The summed E-state index contributed by atoms with van der Waals surface area (Å²) in [6.07, 6.45) is 0. The first kappa shape index (κ1) is 17.6. The zero-order valence-electron chi connectivity index (χ0n) is 12.6.